The number of aliphatic hydroxyl groups is 1. The van der Waals surface area contributed by atoms with Crippen LogP contribution in [0, 0.1) is 0 Å². The van der Waals surface area contributed by atoms with Crippen LogP contribution in [0.4, 0.5) is 14.8 Å². The zero-order valence-electron chi connectivity index (χ0n) is 14.4. The molecule has 3 aliphatic rings. The van der Waals surface area contributed by atoms with Crippen LogP contribution >= 0.6 is 22.9 Å². The van der Waals surface area contributed by atoms with Crippen molar-refractivity contribution in [2.45, 2.75) is 24.6 Å². The lowest BCUT2D eigenvalue weighted by atomic mass is 9.92. The van der Waals surface area contributed by atoms with E-state index in [0.717, 1.165) is 6.42 Å². The number of aromatic nitrogens is 2. The van der Waals surface area contributed by atoms with Crippen molar-refractivity contribution in [3.63, 3.8) is 0 Å². The summed E-state index contributed by atoms with van der Waals surface area (Å²) in [6.45, 7) is -0.0514. The van der Waals surface area contributed by atoms with E-state index in [2.05, 4.69) is 15.3 Å². The zero-order chi connectivity index (χ0) is 19.5. The van der Waals surface area contributed by atoms with Gasteiger partial charge in [0, 0.05) is 36.8 Å². The highest BCUT2D eigenvalue weighted by atomic mass is 35.5. The summed E-state index contributed by atoms with van der Waals surface area (Å²) >= 11 is 7.61. The molecule has 1 aromatic carbocycles. The SMILES string of the molecule is OCC(F)(F)Oc1c(Cl)cc(-c2nccs2)c2oc(N3CC4CC(C3)N4)nc12. The monoisotopic (exact) mass is 428 g/mol. The number of aliphatic hydroxyl groups excluding tert-OH is 1. The molecule has 28 heavy (non-hydrogen) atoms. The molecule has 6 rings (SSSR count). The average Bonchev–Trinajstić information content (AvgIpc) is 3.33. The number of alkyl halides is 2. The van der Waals surface area contributed by atoms with Crippen LogP contribution in [-0.2, 0) is 0 Å². The number of ether oxygens (including phenoxy) is 1. The Balaban J connectivity index is 1.65. The molecule has 148 valence electrons. The number of piperidine rings is 1. The zero-order valence-corrected chi connectivity index (χ0v) is 15.9. The number of oxazole rings is 1. The highest BCUT2D eigenvalue weighted by Gasteiger charge is 2.39. The van der Waals surface area contributed by atoms with Crippen LogP contribution in [0.5, 0.6) is 5.75 Å². The lowest BCUT2D eigenvalue weighted by molar-refractivity contribution is -0.200. The van der Waals surface area contributed by atoms with Gasteiger partial charge in [0.1, 0.15) is 11.6 Å². The summed E-state index contributed by atoms with van der Waals surface area (Å²) in [4.78, 5) is 10.7. The average molecular weight is 429 g/mol. The molecule has 2 atom stereocenters. The molecule has 11 heteroatoms. The largest absolute Gasteiger partial charge is 0.427 e. The Morgan fingerprint density at radius 2 is 2.18 bits per heavy atom. The molecule has 7 nitrogen and oxygen atoms in total. The maximum Gasteiger partial charge on any atom is 0.421 e. The van der Waals surface area contributed by atoms with E-state index in [1.807, 2.05) is 4.90 Å². The van der Waals surface area contributed by atoms with Crippen molar-refractivity contribution in [3.8, 4) is 16.3 Å². The van der Waals surface area contributed by atoms with Gasteiger partial charge in [-0.15, -0.1) is 11.3 Å². The topological polar surface area (TPSA) is 83.7 Å². The van der Waals surface area contributed by atoms with Gasteiger partial charge in [-0.05, 0) is 12.5 Å². The molecule has 3 fully saturated rings. The first-order valence-corrected chi connectivity index (χ1v) is 9.91. The van der Waals surface area contributed by atoms with Crippen molar-refractivity contribution in [1.29, 1.82) is 0 Å². The van der Waals surface area contributed by atoms with Gasteiger partial charge in [0.05, 0.1) is 10.6 Å². The first kappa shape index (κ1) is 18.0. The number of piperazine rings is 1. The molecule has 2 unspecified atom stereocenters. The van der Waals surface area contributed by atoms with Crippen molar-refractivity contribution >= 4 is 40.1 Å². The van der Waals surface area contributed by atoms with E-state index in [-0.39, 0.29) is 21.9 Å². The standard InChI is InChI=1S/C17H15ClF2N4O3S/c18-11-4-10(15-21-1-2-28-15)13-12(14(11)27-17(19,20)7-25)23-16(26-13)24-5-8-3-9(6-24)22-8/h1-2,4,8-9,22,25H,3,5-7H2. The third kappa shape index (κ3) is 3.00. The number of anilines is 1. The quantitative estimate of drug-likeness (QED) is 0.646. The summed E-state index contributed by atoms with van der Waals surface area (Å²) in [5.41, 5.74) is 0.895. The summed E-state index contributed by atoms with van der Waals surface area (Å²) in [5, 5.41) is 14.6. The van der Waals surface area contributed by atoms with Crippen LogP contribution in [0.2, 0.25) is 5.02 Å². The van der Waals surface area contributed by atoms with Crippen LogP contribution in [0.15, 0.2) is 22.1 Å². The van der Waals surface area contributed by atoms with Crippen LogP contribution in [-0.4, -0.2) is 53.0 Å². The van der Waals surface area contributed by atoms with E-state index >= 15 is 0 Å². The molecule has 3 saturated heterocycles. The fourth-order valence-corrected chi connectivity index (χ4v) is 4.50. The molecule has 3 aromatic rings. The third-order valence-corrected chi connectivity index (χ3v) is 5.94. The number of nitrogens with one attached hydrogen (secondary N) is 1. The minimum atomic E-state index is -3.80. The second-order valence-corrected chi connectivity index (χ2v) is 8.15. The Morgan fingerprint density at radius 3 is 2.82 bits per heavy atom. The number of rotatable bonds is 5. The molecule has 0 saturated carbocycles. The molecule has 5 heterocycles. The first-order valence-electron chi connectivity index (χ1n) is 8.65. The maximum atomic E-state index is 13.7. The highest BCUT2D eigenvalue weighted by molar-refractivity contribution is 7.13. The Bertz CT molecular complexity index is 1010. The van der Waals surface area contributed by atoms with E-state index in [1.54, 1.807) is 11.6 Å². The third-order valence-electron chi connectivity index (χ3n) is 4.85. The van der Waals surface area contributed by atoms with Crippen LogP contribution < -0.4 is 15.0 Å². The van der Waals surface area contributed by atoms with E-state index < -0.39 is 12.7 Å². The van der Waals surface area contributed by atoms with E-state index in [4.69, 9.17) is 25.9 Å². The maximum absolute atomic E-state index is 13.7. The van der Waals surface area contributed by atoms with E-state index in [1.165, 1.54) is 17.4 Å². The van der Waals surface area contributed by atoms with Gasteiger partial charge in [0.25, 0.3) is 6.01 Å². The van der Waals surface area contributed by atoms with Crippen LogP contribution in [0.3, 0.4) is 0 Å². The van der Waals surface area contributed by atoms with Crippen molar-refractivity contribution in [1.82, 2.24) is 15.3 Å². The van der Waals surface area contributed by atoms with Gasteiger partial charge < -0.3 is 24.5 Å². The fourth-order valence-electron chi connectivity index (χ4n) is 3.62. The van der Waals surface area contributed by atoms with Gasteiger partial charge in [0.15, 0.2) is 16.8 Å². The summed E-state index contributed by atoms with van der Waals surface area (Å²) in [7, 11) is 0. The van der Waals surface area contributed by atoms with Crippen molar-refractivity contribution in [2.24, 2.45) is 0 Å². The number of hydrogen-bond acceptors (Lipinski definition) is 8. The number of halogens is 3. The molecular formula is C17H15ClF2N4O3S. The smallest absolute Gasteiger partial charge is 0.421 e. The number of thiazole rings is 1. The van der Waals surface area contributed by atoms with Gasteiger partial charge in [-0.3, -0.25) is 0 Å². The molecule has 0 amide bonds. The molecule has 2 N–H and O–H groups in total. The van der Waals surface area contributed by atoms with Gasteiger partial charge in [-0.2, -0.15) is 13.8 Å². The van der Waals surface area contributed by atoms with Crippen molar-refractivity contribution in [2.75, 3.05) is 24.6 Å². The summed E-state index contributed by atoms with van der Waals surface area (Å²) in [6.07, 6.45) is -1.07. The molecule has 2 aromatic heterocycles. The molecule has 3 aliphatic heterocycles. The Hall–Kier alpha value is -2.01. The van der Waals surface area contributed by atoms with Crippen molar-refractivity contribution < 1.29 is 23.0 Å². The summed E-state index contributed by atoms with van der Waals surface area (Å²) in [5.74, 6) is -0.327. The predicted molar refractivity (Wildman–Crippen MR) is 100 cm³/mol. The lowest BCUT2D eigenvalue weighted by Gasteiger charge is -2.47. The minimum absolute atomic E-state index is 0.0613. The van der Waals surface area contributed by atoms with Gasteiger partial charge in [0.2, 0.25) is 0 Å². The Morgan fingerprint density at radius 1 is 1.43 bits per heavy atom. The second-order valence-electron chi connectivity index (χ2n) is 6.85. The normalized spacial score (nSPS) is 21.8. The first-order chi connectivity index (χ1) is 13.4. The van der Waals surface area contributed by atoms with Gasteiger partial charge >= 0.3 is 6.11 Å². The highest BCUT2D eigenvalue weighted by Crippen LogP contribution is 2.44. The van der Waals surface area contributed by atoms with Crippen LogP contribution in [0.1, 0.15) is 6.42 Å². The Kier molecular flexibility index (Phi) is 4.20. The Labute approximate surface area is 166 Å². The molecular weight excluding hydrogens is 414 g/mol. The summed E-state index contributed by atoms with van der Waals surface area (Å²) < 4.78 is 38.1. The number of fused-ring (bicyclic) bond motifs is 3. The lowest BCUT2D eigenvalue weighted by Crippen LogP contribution is -2.67. The predicted octanol–water partition coefficient (Wildman–Crippen LogP) is 3.12. The van der Waals surface area contributed by atoms with E-state index in [0.29, 0.717) is 41.8 Å². The molecule has 0 radical (unpaired) electrons. The molecule has 0 aliphatic carbocycles. The second kappa shape index (κ2) is 6.51. The van der Waals surface area contributed by atoms with Crippen LogP contribution in [0.25, 0.3) is 21.7 Å². The van der Waals surface area contributed by atoms with Gasteiger partial charge in [-0.1, -0.05) is 11.6 Å². The number of nitrogens with zero attached hydrogens (tertiary/aromatic N) is 3. The molecule has 0 spiro atoms. The van der Waals surface area contributed by atoms with E-state index in [9.17, 15) is 8.78 Å². The molecule has 2 bridgehead atoms. The summed E-state index contributed by atoms with van der Waals surface area (Å²) in [6, 6.07) is 2.52. The minimum Gasteiger partial charge on any atom is -0.427 e. The number of hydrogen-bond donors (Lipinski definition) is 2. The van der Waals surface area contributed by atoms with Crippen molar-refractivity contribution in [3.05, 3.63) is 22.7 Å². The van der Waals surface area contributed by atoms with Gasteiger partial charge in [-0.25, -0.2) is 4.98 Å². The fraction of sp³-hybridized carbons (Fsp3) is 0.412. The number of benzene rings is 1.